The number of nitrogens with zero attached hydrogens (tertiary/aromatic N) is 5. The summed E-state index contributed by atoms with van der Waals surface area (Å²) in [4.78, 5) is 2.70. The normalized spacial score (nSPS) is 9.43. The van der Waals surface area contributed by atoms with Gasteiger partial charge in [0.1, 0.15) is 0 Å². The van der Waals surface area contributed by atoms with Crippen molar-refractivity contribution >= 4 is 5.69 Å². The maximum absolute atomic E-state index is 8.21. The molecule has 0 saturated carbocycles. The smallest absolute Gasteiger partial charge is 0.0645 e. The Balaban J connectivity index is 2.35. The maximum atomic E-state index is 8.21. The molecule has 0 unspecified atom stereocenters. The van der Waals surface area contributed by atoms with Gasteiger partial charge in [-0.1, -0.05) is 17.2 Å². The molecule has 0 spiro atoms. The molecule has 0 fully saturated rings. The molecule has 1 aromatic heterocycles. The fourth-order valence-corrected chi connectivity index (χ4v) is 1.15. The van der Waals surface area contributed by atoms with Gasteiger partial charge in [0.05, 0.1) is 5.69 Å². The van der Waals surface area contributed by atoms with Gasteiger partial charge in [0.15, 0.2) is 0 Å². The molecule has 1 aromatic carbocycles. The molecule has 0 saturated heterocycles. The molecule has 0 N–H and O–H groups in total. The number of benzene rings is 1. The van der Waals surface area contributed by atoms with Crippen LogP contribution in [0.5, 0.6) is 0 Å². The van der Waals surface area contributed by atoms with Gasteiger partial charge in [-0.15, -0.1) is 0 Å². The minimum absolute atomic E-state index is 0.600. The number of hydrogen-bond donors (Lipinski definition) is 0. The van der Waals surface area contributed by atoms with Gasteiger partial charge in [0, 0.05) is 23.0 Å². The molecule has 14 heavy (non-hydrogen) atoms. The molecule has 1 heterocycles. The van der Waals surface area contributed by atoms with Crippen molar-refractivity contribution in [1.29, 1.82) is 0 Å². The molecular formula is C9H7N5. The quantitative estimate of drug-likeness (QED) is 0.403. The first-order chi connectivity index (χ1) is 6.90. The van der Waals surface area contributed by atoms with Crippen molar-refractivity contribution in [2.75, 3.05) is 0 Å². The van der Waals surface area contributed by atoms with Crippen molar-refractivity contribution in [2.24, 2.45) is 5.11 Å². The van der Waals surface area contributed by atoms with E-state index in [0.717, 1.165) is 5.69 Å². The molecule has 68 valence electrons. The molecule has 0 aliphatic rings. The summed E-state index contributed by atoms with van der Waals surface area (Å²) < 4.78 is 1.74. The SMILES string of the molecule is [N-]=[N+]=Nc1ccc(-n2cccn2)cc1. The van der Waals surface area contributed by atoms with E-state index in [4.69, 9.17) is 5.53 Å². The number of azide groups is 1. The first kappa shape index (κ1) is 8.34. The van der Waals surface area contributed by atoms with Crippen molar-refractivity contribution in [2.45, 2.75) is 0 Å². The van der Waals surface area contributed by atoms with E-state index in [9.17, 15) is 0 Å². The Morgan fingerprint density at radius 2 is 2.07 bits per heavy atom. The van der Waals surface area contributed by atoms with E-state index in [2.05, 4.69) is 15.1 Å². The number of hydrogen-bond acceptors (Lipinski definition) is 2. The highest BCUT2D eigenvalue weighted by Gasteiger charge is 1.94. The van der Waals surface area contributed by atoms with E-state index in [1.807, 2.05) is 24.4 Å². The Hall–Kier alpha value is -2.26. The molecule has 0 bridgehead atoms. The minimum Gasteiger partial charge on any atom is -0.241 e. The third kappa shape index (κ3) is 1.57. The molecule has 0 aliphatic carbocycles. The van der Waals surface area contributed by atoms with Crippen LogP contribution in [0, 0.1) is 0 Å². The summed E-state index contributed by atoms with van der Waals surface area (Å²) in [6.07, 6.45) is 3.56. The van der Waals surface area contributed by atoms with Crippen molar-refractivity contribution in [3.05, 3.63) is 53.2 Å². The summed E-state index contributed by atoms with van der Waals surface area (Å²) in [5.74, 6) is 0. The maximum Gasteiger partial charge on any atom is 0.0645 e. The van der Waals surface area contributed by atoms with Crippen molar-refractivity contribution in [1.82, 2.24) is 9.78 Å². The highest BCUT2D eigenvalue weighted by atomic mass is 15.3. The van der Waals surface area contributed by atoms with Crippen LogP contribution in [0.2, 0.25) is 0 Å². The molecule has 0 radical (unpaired) electrons. The Morgan fingerprint density at radius 1 is 1.29 bits per heavy atom. The van der Waals surface area contributed by atoms with E-state index in [-0.39, 0.29) is 0 Å². The second-order valence-electron chi connectivity index (χ2n) is 2.66. The number of aromatic nitrogens is 2. The lowest BCUT2D eigenvalue weighted by Crippen LogP contribution is -1.92. The second kappa shape index (κ2) is 3.64. The third-order valence-electron chi connectivity index (χ3n) is 1.78. The molecule has 2 rings (SSSR count). The fourth-order valence-electron chi connectivity index (χ4n) is 1.15. The van der Waals surface area contributed by atoms with Crippen LogP contribution in [-0.2, 0) is 0 Å². The lowest BCUT2D eigenvalue weighted by molar-refractivity contribution is 0.880. The summed E-state index contributed by atoms with van der Waals surface area (Å²) in [6.45, 7) is 0. The van der Waals surface area contributed by atoms with Gasteiger partial charge in [-0.3, -0.25) is 0 Å². The van der Waals surface area contributed by atoms with Crippen molar-refractivity contribution < 1.29 is 0 Å². The van der Waals surface area contributed by atoms with E-state index < -0.39 is 0 Å². The monoisotopic (exact) mass is 185 g/mol. The molecular weight excluding hydrogens is 178 g/mol. The van der Waals surface area contributed by atoms with E-state index in [1.54, 1.807) is 23.0 Å². The first-order valence-corrected chi connectivity index (χ1v) is 4.05. The summed E-state index contributed by atoms with van der Waals surface area (Å²) in [7, 11) is 0. The van der Waals surface area contributed by atoms with Crippen LogP contribution < -0.4 is 0 Å². The summed E-state index contributed by atoms with van der Waals surface area (Å²) in [5, 5.41) is 7.56. The van der Waals surface area contributed by atoms with Crippen LogP contribution in [0.4, 0.5) is 5.69 Å². The van der Waals surface area contributed by atoms with Crippen LogP contribution >= 0.6 is 0 Å². The Kier molecular flexibility index (Phi) is 2.17. The van der Waals surface area contributed by atoms with Crippen LogP contribution in [0.25, 0.3) is 16.1 Å². The summed E-state index contributed by atoms with van der Waals surface area (Å²) in [6, 6.07) is 9.03. The lowest BCUT2D eigenvalue weighted by Gasteiger charge is -2.00. The van der Waals surface area contributed by atoms with Gasteiger partial charge in [0.2, 0.25) is 0 Å². The molecule has 0 atom stereocenters. The van der Waals surface area contributed by atoms with Gasteiger partial charge in [-0.25, -0.2) is 4.68 Å². The van der Waals surface area contributed by atoms with Gasteiger partial charge in [-0.05, 0) is 23.7 Å². The van der Waals surface area contributed by atoms with Crippen molar-refractivity contribution in [3.63, 3.8) is 0 Å². The first-order valence-electron chi connectivity index (χ1n) is 4.05. The third-order valence-corrected chi connectivity index (χ3v) is 1.78. The zero-order chi connectivity index (χ0) is 9.80. The Labute approximate surface area is 80.2 Å². The molecule has 2 aromatic rings. The largest absolute Gasteiger partial charge is 0.241 e. The second-order valence-corrected chi connectivity index (χ2v) is 2.66. The van der Waals surface area contributed by atoms with Crippen molar-refractivity contribution in [3.8, 4) is 5.69 Å². The highest BCUT2D eigenvalue weighted by Crippen LogP contribution is 2.14. The predicted octanol–water partition coefficient (Wildman–Crippen LogP) is 2.81. The molecule has 0 aliphatic heterocycles. The number of rotatable bonds is 2. The van der Waals surface area contributed by atoms with Crippen LogP contribution in [0.3, 0.4) is 0 Å². The van der Waals surface area contributed by atoms with E-state index >= 15 is 0 Å². The molecule has 5 nitrogen and oxygen atoms in total. The van der Waals surface area contributed by atoms with Gasteiger partial charge in [0.25, 0.3) is 0 Å². The topological polar surface area (TPSA) is 66.6 Å². The summed E-state index contributed by atoms with van der Waals surface area (Å²) in [5.41, 5.74) is 9.75. The van der Waals surface area contributed by atoms with E-state index in [0.29, 0.717) is 5.69 Å². The standard InChI is InChI=1S/C9H7N5/c10-13-12-8-2-4-9(5-3-8)14-7-1-6-11-14/h1-7H. The average molecular weight is 185 g/mol. The van der Waals surface area contributed by atoms with Crippen LogP contribution in [0.15, 0.2) is 47.8 Å². The van der Waals surface area contributed by atoms with Crippen LogP contribution in [-0.4, -0.2) is 9.78 Å². The minimum atomic E-state index is 0.600. The predicted molar refractivity (Wildman–Crippen MR) is 52.4 cm³/mol. The molecule has 0 amide bonds. The molecule has 5 heteroatoms. The fraction of sp³-hybridized carbons (Fsp3) is 0. The van der Waals surface area contributed by atoms with E-state index in [1.165, 1.54) is 0 Å². The zero-order valence-electron chi connectivity index (χ0n) is 7.28. The van der Waals surface area contributed by atoms with Gasteiger partial charge < -0.3 is 0 Å². The van der Waals surface area contributed by atoms with Gasteiger partial charge in [-0.2, -0.15) is 5.10 Å². The Morgan fingerprint density at radius 3 is 2.64 bits per heavy atom. The average Bonchev–Trinajstić information content (AvgIpc) is 2.72. The Bertz CT molecular complexity index is 450. The summed E-state index contributed by atoms with van der Waals surface area (Å²) >= 11 is 0. The highest BCUT2D eigenvalue weighted by molar-refractivity contribution is 5.43. The van der Waals surface area contributed by atoms with Gasteiger partial charge >= 0.3 is 0 Å². The lowest BCUT2D eigenvalue weighted by atomic mass is 10.3. The van der Waals surface area contributed by atoms with Crippen LogP contribution in [0.1, 0.15) is 0 Å². The zero-order valence-corrected chi connectivity index (χ0v) is 7.28.